The summed E-state index contributed by atoms with van der Waals surface area (Å²) in [5, 5.41) is 2.78. The fraction of sp³-hybridized carbons (Fsp3) is 0.316. The minimum absolute atomic E-state index is 0.0595. The van der Waals surface area contributed by atoms with Crippen LogP contribution in [-0.2, 0) is 10.0 Å². The van der Waals surface area contributed by atoms with Crippen molar-refractivity contribution >= 4 is 15.9 Å². The summed E-state index contributed by atoms with van der Waals surface area (Å²) in [7, 11) is -2.40. The van der Waals surface area contributed by atoms with E-state index < -0.39 is 15.9 Å². The van der Waals surface area contributed by atoms with E-state index in [0.29, 0.717) is 0 Å². The van der Waals surface area contributed by atoms with E-state index in [9.17, 15) is 17.6 Å². The smallest absolute Gasteiger partial charge is 0.251 e. The molecule has 2 N–H and O–H groups in total. The van der Waals surface area contributed by atoms with Gasteiger partial charge in [0.2, 0.25) is 10.0 Å². The predicted octanol–water partition coefficient (Wildman–Crippen LogP) is 2.77. The van der Waals surface area contributed by atoms with Gasteiger partial charge >= 0.3 is 0 Å². The van der Waals surface area contributed by atoms with Crippen LogP contribution in [-0.4, -0.2) is 27.5 Å². The average Bonchev–Trinajstić information content (AvgIpc) is 3.44. The topological polar surface area (TPSA) is 84.5 Å². The minimum Gasteiger partial charge on any atom is -0.495 e. The molecule has 0 radical (unpaired) electrons. The van der Waals surface area contributed by atoms with Crippen molar-refractivity contribution in [3.8, 4) is 5.75 Å². The van der Waals surface area contributed by atoms with Crippen LogP contribution in [0.1, 0.15) is 41.7 Å². The first kappa shape index (κ1) is 19.3. The Bertz CT molecular complexity index is 941. The number of halogens is 1. The lowest BCUT2D eigenvalue weighted by molar-refractivity contribution is 0.0939. The molecule has 6 nitrogen and oxygen atoms in total. The Morgan fingerprint density at radius 2 is 1.85 bits per heavy atom. The predicted molar refractivity (Wildman–Crippen MR) is 98.6 cm³/mol. The molecule has 144 valence electrons. The summed E-state index contributed by atoms with van der Waals surface area (Å²) >= 11 is 0. The van der Waals surface area contributed by atoms with Crippen LogP contribution in [0.2, 0.25) is 0 Å². The number of rotatable bonds is 7. The summed E-state index contributed by atoms with van der Waals surface area (Å²) < 4.78 is 45.9. The first-order valence-corrected chi connectivity index (χ1v) is 10.0. The Morgan fingerprint density at radius 3 is 2.44 bits per heavy atom. The molecule has 1 saturated carbocycles. The number of sulfonamides is 1. The number of ether oxygens (including phenoxy) is 1. The molecule has 3 rings (SSSR count). The monoisotopic (exact) mass is 392 g/mol. The Balaban J connectivity index is 1.82. The summed E-state index contributed by atoms with van der Waals surface area (Å²) in [6.45, 7) is 1.76. The molecule has 1 aliphatic rings. The third kappa shape index (κ3) is 4.64. The first-order chi connectivity index (χ1) is 12.8. The normalized spacial score (nSPS) is 15.2. The van der Waals surface area contributed by atoms with Gasteiger partial charge in [-0.2, -0.15) is 0 Å². The highest BCUT2D eigenvalue weighted by molar-refractivity contribution is 7.89. The Labute approximate surface area is 157 Å². The van der Waals surface area contributed by atoms with E-state index in [-0.39, 0.29) is 34.1 Å². The van der Waals surface area contributed by atoms with Crippen molar-refractivity contribution in [3.63, 3.8) is 0 Å². The van der Waals surface area contributed by atoms with Crippen LogP contribution in [0, 0.1) is 5.82 Å². The van der Waals surface area contributed by atoms with E-state index in [1.807, 2.05) is 0 Å². The van der Waals surface area contributed by atoms with Gasteiger partial charge in [-0.05, 0) is 55.7 Å². The van der Waals surface area contributed by atoms with Crippen LogP contribution in [0.5, 0.6) is 5.75 Å². The van der Waals surface area contributed by atoms with Crippen molar-refractivity contribution in [1.82, 2.24) is 10.0 Å². The van der Waals surface area contributed by atoms with E-state index in [1.165, 1.54) is 37.4 Å². The number of hydrogen-bond acceptors (Lipinski definition) is 4. The van der Waals surface area contributed by atoms with Crippen LogP contribution >= 0.6 is 0 Å². The standard InChI is InChI=1S/C19H21FN2O4S/c1-12(13-3-6-15(20)7-4-13)21-19(23)14-5-10-17(26-2)18(11-14)27(24,25)22-16-8-9-16/h3-7,10-12,16,22H,8-9H2,1-2H3,(H,21,23). The summed E-state index contributed by atoms with van der Waals surface area (Å²) in [5.41, 5.74) is 0.933. The van der Waals surface area contributed by atoms with Gasteiger partial charge in [0.15, 0.2) is 0 Å². The zero-order valence-corrected chi connectivity index (χ0v) is 15.8. The fourth-order valence-corrected chi connectivity index (χ4v) is 4.13. The lowest BCUT2D eigenvalue weighted by atomic mass is 10.1. The molecule has 2 aromatic rings. The zero-order valence-electron chi connectivity index (χ0n) is 15.0. The first-order valence-electron chi connectivity index (χ1n) is 8.57. The van der Waals surface area contributed by atoms with Crippen molar-refractivity contribution in [2.45, 2.75) is 36.7 Å². The fourth-order valence-electron chi connectivity index (χ4n) is 2.63. The average molecular weight is 392 g/mol. The van der Waals surface area contributed by atoms with Crippen LogP contribution in [0.4, 0.5) is 4.39 Å². The van der Waals surface area contributed by atoms with E-state index >= 15 is 0 Å². The molecule has 2 aromatic carbocycles. The molecule has 8 heteroatoms. The molecule has 0 bridgehead atoms. The highest BCUT2D eigenvalue weighted by Gasteiger charge is 2.30. The number of hydrogen-bond donors (Lipinski definition) is 2. The second-order valence-electron chi connectivity index (χ2n) is 6.51. The number of methoxy groups -OCH3 is 1. The van der Waals surface area contributed by atoms with E-state index in [1.54, 1.807) is 19.1 Å². The lowest BCUT2D eigenvalue weighted by Crippen LogP contribution is -2.28. The quantitative estimate of drug-likeness (QED) is 0.759. The van der Waals surface area contributed by atoms with Gasteiger partial charge in [-0.3, -0.25) is 4.79 Å². The van der Waals surface area contributed by atoms with Gasteiger partial charge in [-0.15, -0.1) is 0 Å². The van der Waals surface area contributed by atoms with Crippen LogP contribution < -0.4 is 14.8 Å². The molecule has 1 fully saturated rings. The third-order valence-electron chi connectivity index (χ3n) is 4.33. The number of benzene rings is 2. The second kappa shape index (κ2) is 7.66. The highest BCUT2D eigenvalue weighted by Crippen LogP contribution is 2.28. The van der Waals surface area contributed by atoms with Gasteiger partial charge in [-0.25, -0.2) is 17.5 Å². The van der Waals surface area contributed by atoms with Crippen molar-refractivity contribution in [2.24, 2.45) is 0 Å². The largest absolute Gasteiger partial charge is 0.495 e. The molecule has 0 spiro atoms. The van der Waals surface area contributed by atoms with E-state index in [0.717, 1.165) is 18.4 Å². The maximum atomic E-state index is 13.0. The third-order valence-corrected chi connectivity index (χ3v) is 5.87. The van der Waals surface area contributed by atoms with Crippen molar-refractivity contribution in [2.75, 3.05) is 7.11 Å². The molecule has 0 heterocycles. The second-order valence-corrected chi connectivity index (χ2v) is 8.19. The van der Waals surface area contributed by atoms with Gasteiger partial charge < -0.3 is 10.1 Å². The van der Waals surface area contributed by atoms with Crippen LogP contribution in [0.25, 0.3) is 0 Å². The Hall–Kier alpha value is -2.45. The number of carbonyl (C=O) groups is 1. The van der Waals surface area contributed by atoms with Gasteiger partial charge in [0.05, 0.1) is 13.2 Å². The molecule has 1 unspecified atom stereocenters. The van der Waals surface area contributed by atoms with Gasteiger partial charge in [0.1, 0.15) is 16.5 Å². The molecule has 0 aromatic heterocycles. The molecule has 1 atom stereocenters. The highest BCUT2D eigenvalue weighted by atomic mass is 32.2. The molecular weight excluding hydrogens is 371 g/mol. The van der Waals surface area contributed by atoms with Crippen molar-refractivity contribution in [1.29, 1.82) is 0 Å². The molecule has 27 heavy (non-hydrogen) atoms. The molecule has 1 amide bonds. The molecule has 1 aliphatic carbocycles. The molecule has 0 aliphatic heterocycles. The summed E-state index contributed by atoms with van der Waals surface area (Å²) in [5.74, 6) is -0.617. The van der Waals surface area contributed by atoms with Gasteiger partial charge in [-0.1, -0.05) is 12.1 Å². The van der Waals surface area contributed by atoms with Crippen LogP contribution in [0.3, 0.4) is 0 Å². The van der Waals surface area contributed by atoms with E-state index in [4.69, 9.17) is 4.74 Å². The van der Waals surface area contributed by atoms with Crippen molar-refractivity contribution in [3.05, 3.63) is 59.4 Å². The summed E-state index contributed by atoms with van der Waals surface area (Å²) in [6, 6.07) is 9.64. The molecular formula is C19H21FN2O4S. The number of amides is 1. The maximum absolute atomic E-state index is 13.0. The Morgan fingerprint density at radius 1 is 1.19 bits per heavy atom. The zero-order chi connectivity index (χ0) is 19.6. The maximum Gasteiger partial charge on any atom is 0.251 e. The van der Waals surface area contributed by atoms with Crippen molar-refractivity contribution < 1.29 is 22.3 Å². The number of carbonyl (C=O) groups excluding carboxylic acids is 1. The lowest BCUT2D eigenvalue weighted by Gasteiger charge is -2.16. The van der Waals surface area contributed by atoms with E-state index in [2.05, 4.69) is 10.0 Å². The van der Waals surface area contributed by atoms with Gasteiger partial charge in [0.25, 0.3) is 5.91 Å². The SMILES string of the molecule is COc1ccc(C(=O)NC(C)c2ccc(F)cc2)cc1S(=O)(=O)NC1CC1. The number of nitrogens with one attached hydrogen (secondary N) is 2. The van der Waals surface area contributed by atoms with Gasteiger partial charge in [0, 0.05) is 11.6 Å². The minimum atomic E-state index is -3.78. The van der Waals surface area contributed by atoms with Crippen LogP contribution in [0.15, 0.2) is 47.4 Å². The Kier molecular flexibility index (Phi) is 5.48. The summed E-state index contributed by atoms with van der Waals surface area (Å²) in [6.07, 6.45) is 1.60. The summed E-state index contributed by atoms with van der Waals surface area (Å²) in [4.78, 5) is 12.5. The molecule has 0 saturated heterocycles.